The average molecular weight is 503 g/mol. The predicted molar refractivity (Wildman–Crippen MR) is 124 cm³/mol. The Hall–Kier alpha value is -3.37. The molecular formula is C22H23BrN4O5. The summed E-state index contributed by atoms with van der Waals surface area (Å²) in [6.07, 6.45) is 0.575. The summed E-state index contributed by atoms with van der Waals surface area (Å²) in [7, 11) is 3.11. The smallest absolute Gasteiger partial charge is 0.328 e. The average Bonchev–Trinajstić information content (AvgIpc) is 3.14. The molecule has 0 atom stereocenters. The van der Waals surface area contributed by atoms with Crippen LogP contribution in [-0.4, -0.2) is 49.8 Å². The maximum Gasteiger partial charge on any atom is 0.328 e. The number of aromatic nitrogens is 1. The Balaban J connectivity index is 1.83. The molecule has 0 spiro atoms. The number of nitrogens with one attached hydrogen (secondary N) is 3. The Kier molecular flexibility index (Phi) is 7.85. The Morgan fingerprint density at radius 1 is 1.00 bits per heavy atom. The lowest BCUT2D eigenvalue weighted by atomic mass is 10.2. The summed E-state index contributed by atoms with van der Waals surface area (Å²) in [4.78, 5) is 37.6. The first kappa shape index (κ1) is 23.3. The summed E-state index contributed by atoms with van der Waals surface area (Å²) in [5.74, 6) is -1.49. The molecule has 1 heterocycles. The summed E-state index contributed by atoms with van der Waals surface area (Å²) in [6, 6.07) is 13.8. The lowest BCUT2D eigenvalue weighted by Crippen LogP contribution is -2.40. The van der Waals surface area contributed by atoms with Crippen molar-refractivity contribution in [2.24, 2.45) is 0 Å². The Morgan fingerprint density at radius 3 is 2.44 bits per heavy atom. The summed E-state index contributed by atoms with van der Waals surface area (Å²) in [5, 5.41) is 6.01. The van der Waals surface area contributed by atoms with Gasteiger partial charge in [-0.15, -0.1) is 0 Å². The van der Waals surface area contributed by atoms with E-state index < -0.39 is 17.7 Å². The van der Waals surface area contributed by atoms with Crippen molar-refractivity contribution in [1.82, 2.24) is 9.99 Å². The van der Waals surface area contributed by atoms with Crippen LogP contribution in [0.15, 0.2) is 53.0 Å². The van der Waals surface area contributed by atoms with Gasteiger partial charge in [0.15, 0.2) is 0 Å². The van der Waals surface area contributed by atoms with Crippen LogP contribution in [0.4, 0.5) is 5.69 Å². The molecule has 3 amide bonds. The number of hydrogen-bond acceptors (Lipinski definition) is 5. The zero-order valence-electron chi connectivity index (χ0n) is 17.6. The van der Waals surface area contributed by atoms with E-state index in [1.807, 2.05) is 6.07 Å². The third-order valence-corrected chi connectivity index (χ3v) is 5.07. The molecule has 0 aliphatic rings. The lowest BCUT2D eigenvalue weighted by molar-refractivity contribution is -0.136. The van der Waals surface area contributed by atoms with Crippen molar-refractivity contribution in [2.45, 2.75) is 6.42 Å². The molecule has 0 saturated heterocycles. The van der Waals surface area contributed by atoms with Crippen LogP contribution in [0, 0.1) is 0 Å². The highest BCUT2D eigenvalue weighted by molar-refractivity contribution is 9.10. The van der Waals surface area contributed by atoms with Gasteiger partial charge >= 0.3 is 11.8 Å². The number of hydrogen-bond donors (Lipinski definition) is 3. The van der Waals surface area contributed by atoms with Crippen LogP contribution in [0.2, 0.25) is 0 Å². The number of benzene rings is 2. The molecule has 10 heteroatoms. The summed E-state index contributed by atoms with van der Waals surface area (Å²) >= 11 is 3.40. The second-order valence-electron chi connectivity index (χ2n) is 6.79. The quantitative estimate of drug-likeness (QED) is 0.324. The first-order valence-electron chi connectivity index (χ1n) is 9.77. The molecule has 3 rings (SSSR count). The SMILES string of the molecule is COCCCNC(=O)C(=O)Nn1c(C(=O)Nc2ccc(OC)cc2)cc2cc(Br)ccc21. The molecule has 32 heavy (non-hydrogen) atoms. The van der Waals surface area contributed by atoms with Gasteiger partial charge in [-0.3, -0.25) is 19.8 Å². The number of carbonyl (C=O) groups excluding carboxylic acids is 3. The molecule has 168 valence electrons. The van der Waals surface area contributed by atoms with Crippen molar-refractivity contribution < 1.29 is 23.9 Å². The van der Waals surface area contributed by atoms with Gasteiger partial charge in [0.25, 0.3) is 5.91 Å². The molecule has 0 radical (unpaired) electrons. The fourth-order valence-corrected chi connectivity index (χ4v) is 3.37. The van der Waals surface area contributed by atoms with E-state index in [-0.39, 0.29) is 5.69 Å². The van der Waals surface area contributed by atoms with Gasteiger partial charge in [0, 0.05) is 35.8 Å². The Morgan fingerprint density at radius 2 is 1.75 bits per heavy atom. The molecule has 0 saturated carbocycles. The predicted octanol–water partition coefficient (Wildman–Crippen LogP) is 2.89. The van der Waals surface area contributed by atoms with E-state index in [0.717, 1.165) is 4.47 Å². The number of carbonyl (C=O) groups is 3. The van der Waals surface area contributed by atoms with Gasteiger partial charge in [0.2, 0.25) is 0 Å². The van der Waals surface area contributed by atoms with Gasteiger partial charge in [-0.25, -0.2) is 4.68 Å². The topological polar surface area (TPSA) is 111 Å². The number of methoxy groups -OCH3 is 2. The van der Waals surface area contributed by atoms with Crippen molar-refractivity contribution in [2.75, 3.05) is 38.1 Å². The first-order chi connectivity index (χ1) is 15.4. The summed E-state index contributed by atoms with van der Waals surface area (Å²) < 4.78 is 12.2. The summed E-state index contributed by atoms with van der Waals surface area (Å²) in [6.45, 7) is 0.763. The Bertz CT molecular complexity index is 1130. The lowest BCUT2D eigenvalue weighted by Gasteiger charge is -2.13. The van der Waals surface area contributed by atoms with Crippen LogP contribution in [0.1, 0.15) is 16.9 Å². The molecule has 9 nitrogen and oxygen atoms in total. The van der Waals surface area contributed by atoms with Crippen molar-refractivity contribution >= 4 is 50.2 Å². The molecular weight excluding hydrogens is 480 g/mol. The van der Waals surface area contributed by atoms with E-state index in [0.29, 0.717) is 41.9 Å². The zero-order valence-corrected chi connectivity index (χ0v) is 19.2. The van der Waals surface area contributed by atoms with Gasteiger partial charge in [-0.2, -0.15) is 0 Å². The van der Waals surface area contributed by atoms with E-state index in [9.17, 15) is 14.4 Å². The molecule has 3 aromatic rings. The number of amides is 3. The molecule has 1 aromatic heterocycles. The zero-order chi connectivity index (χ0) is 23.1. The third kappa shape index (κ3) is 5.65. The van der Waals surface area contributed by atoms with E-state index in [1.54, 1.807) is 56.7 Å². The molecule has 0 aliphatic carbocycles. The minimum Gasteiger partial charge on any atom is -0.497 e. The number of rotatable bonds is 8. The van der Waals surface area contributed by atoms with Gasteiger partial charge in [-0.1, -0.05) is 15.9 Å². The van der Waals surface area contributed by atoms with Crippen molar-refractivity contribution in [3.63, 3.8) is 0 Å². The molecule has 3 N–H and O–H groups in total. The van der Waals surface area contributed by atoms with Crippen LogP contribution in [-0.2, 0) is 14.3 Å². The normalized spacial score (nSPS) is 10.6. The van der Waals surface area contributed by atoms with Crippen LogP contribution in [0.25, 0.3) is 10.9 Å². The fourth-order valence-electron chi connectivity index (χ4n) is 2.99. The summed E-state index contributed by atoms with van der Waals surface area (Å²) in [5.41, 5.74) is 3.79. The Labute approximate surface area is 193 Å². The molecule has 0 bridgehead atoms. The molecule has 2 aromatic carbocycles. The van der Waals surface area contributed by atoms with Crippen LogP contribution >= 0.6 is 15.9 Å². The van der Waals surface area contributed by atoms with E-state index in [2.05, 4.69) is 32.0 Å². The monoisotopic (exact) mass is 502 g/mol. The van der Waals surface area contributed by atoms with Crippen LogP contribution in [0.5, 0.6) is 5.75 Å². The van der Waals surface area contributed by atoms with Gasteiger partial charge in [0.05, 0.1) is 12.6 Å². The van der Waals surface area contributed by atoms with Crippen LogP contribution in [0.3, 0.4) is 0 Å². The number of anilines is 1. The highest BCUT2D eigenvalue weighted by atomic mass is 79.9. The standard InChI is InChI=1S/C22H23BrN4O5/c1-31-11-3-10-24-21(29)22(30)26-27-18-9-4-15(23)12-14(18)13-19(27)20(28)25-16-5-7-17(32-2)8-6-16/h4-9,12-13H,3,10-11H2,1-2H3,(H,24,29)(H,25,28)(H,26,30). The third-order valence-electron chi connectivity index (χ3n) is 4.57. The van der Waals surface area contributed by atoms with Gasteiger partial charge < -0.3 is 20.1 Å². The molecule has 0 aliphatic heterocycles. The number of ether oxygens (including phenoxy) is 2. The largest absolute Gasteiger partial charge is 0.497 e. The van der Waals surface area contributed by atoms with E-state index in [1.165, 1.54) is 4.68 Å². The minimum absolute atomic E-state index is 0.162. The number of nitrogens with zero attached hydrogens (tertiary/aromatic N) is 1. The highest BCUT2D eigenvalue weighted by Gasteiger charge is 2.21. The molecule has 0 unspecified atom stereocenters. The second-order valence-corrected chi connectivity index (χ2v) is 7.71. The number of halogens is 1. The highest BCUT2D eigenvalue weighted by Crippen LogP contribution is 2.24. The maximum atomic E-state index is 13.0. The second kappa shape index (κ2) is 10.8. The molecule has 0 fully saturated rings. The van der Waals surface area contributed by atoms with Crippen molar-refractivity contribution in [3.05, 3.63) is 58.7 Å². The van der Waals surface area contributed by atoms with E-state index in [4.69, 9.17) is 9.47 Å². The van der Waals surface area contributed by atoms with Gasteiger partial charge in [-0.05, 0) is 55.0 Å². The first-order valence-corrected chi connectivity index (χ1v) is 10.6. The van der Waals surface area contributed by atoms with Crippen molar-refractivity contribution in [1.29, 1.82) is 0 Å². The number of fused-ring (bicyclic) bond motifs is 1. The van der Waals surface area contributed by atoms with Gasteiger partial charge in [0.1, 0.15) is 11.4 Å². The van der Waals surface area contributed by atoms with Crippen LogP contribution < -0.4 is 20.8 Å². The fraction of sp³-hybridized carbons (Fsp3) is 0.227. The minimum atomic E-state index is -0.888. The van der Waals surface area contributed by atoms with E-state index >= 15 is 0 Å². The van der Waals surface area contributed by atoms with Crippen molar-refractivity contribution in [3.8, 4) is 5.75 Å². The maximum absolute atomic E-state index is 13.0.